The van der Waals surface area contributed by atoms with Crippen molar-refractivity contribution in [2.45, 2.75) is 13.8 Å². The molecule has 0 saturated heterocycles. The summed E-state index contributed by atoms with van der Waals surface area (Å²) >= 11 is 0. The van der Waals surface area contributed by atoms with Crippen molar-refractivity contribution >= 4 is 17.9 Å². The van der Waals surface area contributed by atoms with Crippen molar-refractivity contribution < 1.29 is 14.3 Å². The van der Waals surface area contributed by atoms with Gasteiger partial charge in [0.1, 0.15) is 5.75 Å². The molecule has 4 nitrogen and oxygen atoms in total. The van der Waals surface area contributed by atoms with Crippen molar-refractivity contribution in [3.63, 3.8) is 0 Å². The van der Waals surface area contributed by atoms with Gasteiger partial charge in [-0.05, 0) is 43.2 Å². The molecule has 0 aliphatic rings. The van der Waals surface area contributed by atoms with Crippen LogP contribution >= 0.6 is 0 Å². The number of amides is 1. The van der Waals surface area contributed by atoms with Crippen LogP contribution in [0, 0.1) is 13.8 Å². The van der Waals surface area contributed by atoms with E-state index in [0.717, 1.165) is 16.8 Å². The maximum Gasteiger partial charge on any atom is 0.262 e. The van der Waals surface area contributed by atoms with E-state index in [0.29, 0.717) is 17.6 Å². The lowest BCUT2D eigenvalue weighted by Crippen LogP contribution is -2.21. The lowest BCUT2D eigenvalue weighted by Gasteiger charge is -2.11. The van der Waals surface area contributed by atoms with Crippen LogP contribution in [0.3, 0.4) is 0 Å². The van der Waals surface area contributed by atoms with Gasteiger partial charge in [-0.15, -0.1) is 0 Å². The first-order valence-electron chi connectivity index (χ1n) is 6.64. The Balaban J connectivity index is 1.99. The molecule has 0 heterocycles. The molecule has 0 fully saturated rings. The van der Waals surface area contributed by atoms with Crippen LogP contribution in [0.2, 0.25) is 0 Å². The molecule has 4 heteroatoms. The average Bonchev–Trinajstić information content (AvgIpc) is 2.49. The number of carbonyl (C=O) groups excluding carboxylic acids is 2. The highest BCUT2D eigenvalue weighted by atomic mass is 16.5. The van der Waals surface area contributed by atoms with Gasteiger partial charge in [0, 0.05) is 5.69 Å². The van der Waals surface area contributed by atoms with Gasteiger partial charge in [-0.3, -0.25) is 9.59 Å². The molecule has 0 bridgehead atoms. The van der Waals surface area contributed by atoms with Crippen LogP contribution in [0.1, 0.15) is 21.5 Å². The molecule has 2 rings (SSSR count). The summed E-state index contributed by atoms with van der Waals surface area (Å²) in [6, 6.07) is 12.7. The van der Waals surface area contributed by atoms with Gasteiger partial charge in [-0.25, -0.2) is 0 Å². The second-order valence-corrected chi connectivity index (χ2v) is 4.81. The number of rotatable bonds is 5. The number of ether oxygens (including phenoxy) is 1. The van der Waals surface area contributed by atoms with Crippen LogP contribution in [0.25, 0.3) is 0 Å². The third kappa shape index (κ3) is 3.92. The largest absolute Gasteiger partial charge is 0.483 e. The average molecular weight is 283 g/mol. The van der Waals surface area contributed by atoms with E-state index in [9.17, 15) is 9.59 Å². The zero-order valence-electron chi connectivity index (χ0n) is 12.1. The van der Waals surface area contributed by atoms with E-state index in [-0.39, 0.29) is 12.5 Å². The number of aryl methyl sites for hydroxylation is 2. The van der Waals surface area contributed by atoms with Crippen LogP contribution < -0.4 is 10.1 Å². The van der Waals surface area contributed by atoms with Crippen LogP contribution in [-0.4, -0.2) is 18.8 Å². The van der Waals surface area contributed by atoms with Gasteiger partial charge in [0.25, 0.3) is 5.91 Å². The second kappa shape index (κ2) is 6.70. The Kier molecular flexibility index (Phi) is 4.72. The first-order chi connectivity index (χ1) is 10.1. The van der Waals surface area contributed by atoms with E-state index in [1.165, 1.54) is 0 Å². The van der Waals surface area contributed by atoms with Crippen molar-refractivity contribution in [3.05, 3.63) is 59.2 Å². The molecule has 2 aromatic carbocycles. The maximum atomic E-state index is 11.9. The number of benzene rings is 2. The molecule has 1 N–H and O–H groups in total. The summed E-state index contributed by atoms with van der Waals surface area (Å²) in [7, 11) is 0. The zero-order chi connectivity index (χ0) is 15.2. The normalized spacial score (nSPS) is 10.0. The number of hydrogen-bond donors (Lipinski definition) is 1. The molecular formula is C17H17NO3. The Labute approximate surface area is 123 Å². The van der Waals surface area contributed by atoms with E-state index in [2.05, 4.69) is 5.32 Å². The van der Waals surface area contributed by atoms with Crippen molar-refractivity contribution in [2.24, 2.45) is 0 Å². The standard InChI is InChI=1S/C17H17NO3/c1-12-7-8-13(2)15(9-12)18-17(20)11-21-16-6-4-3-5-14(16)10-19/h3-10H,11H2,1-2H3,(H,18,20). The Morgan fingerprint density at radius 1 is 1.19 bits per heavy atom. The highest BCUT2D eigenvalue weighted by Gasteiger charge is 2.08. The fourth-order valence-electron chi connectivity index (χ4n) is 1.91. The zero-order valence-corrected chi connectivity index (χ0v) is 12.1. The molecule has 0 aliphatic heterocycles. The smallest absolute Gasteiger partial charge is 0.262 e. The Bertz CT molecular complexity index is 665. The molecule has 108 valence electrons. The highest BCUT2D eigenvalue weighted by molar-refractivity contribution is 5.92. The minimum absolute atomic E-state index is 0.141. The molecule has 0 radical (unpaired) electrons. The predicted octanol–water partition coefficient (Wildman–Crippen LogP) is 3.13. The van der Waals surface area contributed by atoms with Crippen LogP contribution in [-0.2, 0) is 4.79 Å². The van der Waals surface area contributed by atoms with Crippen LogP contribution in [0.5, 0.6) is 5.75 Å². The molecule has 0 aromatic heterocycles. The highest BCUT2D eigenvalue weighted by Crippen LogP contribution is 2.17. The quantitative estimate of drug-likeness (QED) is 0.858. The van der Waals surface area contributed by atoms with Crippen LogP contribution in [0.15, 0.2) is 42.5 Å². The topological polar surface area (TPSA) is 55.4 Å². The minimum Gasteiger partial charge on any atom is -0.483 e. The molecule has 21 heavy (non-hydrogen) atoms. The maximum absolute atomic E-state index is 11.9. The lowest BCUT2D eigenvalue weighted by molar-refractivity contribution is -0.118. The van der Waals surface area contributed by atoms with Gasteiger partial charge in [0.05, 0.1) is 5.56 Å². The number of para-hydroxylation sites is 1. The first-order valence-corrected chi connectivity index (χ1v) is 6.64. The van der Waals surface area contributed by atoms with Gasteiger partial charge in [-0.2, -0.15) is 0 Å². The molecule has 0 unspecified atom stereocenters. The summed E-state index contributed by atoms with van der Waals surface area (Å²) < 4.78 is 5.39. The molecule has 0 aliphatic carbocycles. The third-order valence-electron chi connectivity index (χ3n) is 3.07. The molecule has 0 saturated carbocycles. The van der Waals surface area contributed by atoms with Crippen molar-refractivity contribution in [3.8, 4) is 5.75 Å². The fourth-order valence-corrected chi connectivity index (χ4v) is 1.91. The first kappa shape index (κ1) is 14.8. The Morgan fingerprint density at radius 3 is 2.71 bits per heavy atom. The van der Waals surface area contributed by atoms with Gasteiger partial charge in [0.15, 0.2) is 12.9 Å². The number of carbonyl (C=O) groups is 2. The van der Waals surface area contributed by atoms with Gasteiger partial charge in [-0.1, -0.05) is 24.3 Å². The van der Waals surface area contributed by atoms with Crippen molar-refractivity contribution in [1.82, 2.24) is 0 Å². The predicted molar refractivity (Wildman–Crippen MR) is 81.9 cm³/mol. The van der Waals surface area contributed by atoms with E-state index >= 15 is 0 Å². The SMILES string of the molecule is Cc1ccc(C)c(NC(=O)COc2ccccc2C=O)c1. The lowest BCUT2D eigenvalue weighted by atomic mass is 10.1. The van der Waals surface area contributed by atoms with E-state index < -0.39 is 0 Å². The van der Waals surface area contributed by atoms with E-state index in [4.69, 9.17) is 4.74 Å². The van der Waals surface area contributed by atoms with Crippen molar-refractivity contribution in [2.75, 3.05) is 11.9 Å². The van der Waals surface area contributed by atoms with Gasteiger partial charge in [0.2, 0.25) is 0 Å². The van der Waals surface area contributed by atoms with E-state index in [1.807, 2.05) is 32.0 Å². The summed E-state index contributed by atoms with van der Waals surface area (Å²) in [5.41, 5.74) is 3.26. The number of hydrogen-bond acceptors (Lipinski definition) is 3. The second-order valence-electron chi connectivity index (χ2n) is 4.81. The third-order valence-corrected chi connectivity index (χ3v) is 3.07. The Morgan fingerprint density at radius 2 is 1.95 bits per heavy atom. The Hall–Kier alpha value is -2.62. The summed E-state index contributed by atoms with van der Waals surface area (Å²) in [6.45, 7) is 3.75. The van der Waals surface area contributed by atoms with E-state index in [1.54, 1.807) is 24.3 Å². The summed E-state index contributed by atoms with van der Waals surface area (Å²) in [5, 5.41) is 2.81. The summed E-state index contributed by atoms with van der Waals surface area (Å²) in [4.78, 5) is 22.8. The van der Waals surface area contributed by atoms with Crippen molar-refractivity contribution in [1.29, 1.82) is 0 Å². The summed E-state index contributed by atoms with van der Waals surface area (Å²) in [6.07, 6.45) is 0.706. The fraction of sp³-hybridized carbons (Fsp3) is 0.176. The van der Waals surface area contributed by atoms with Gasteiger partial charge >= 0.3 is 0 Å². The molecule has 0 spiro atoms. The number of aldehydes is 1. The molecule has 2 aromatic rings. The monoisotopic (exact) mass is 283 g/mol. The number of nitrogens with one attached hydrogen (secondary N) is 1. The van der Waals surface area contributed by atoms with Gasteiger partial charge < -0.3 is 10.1 Å². The minimum atomic E-state index is -0.260. The molecule has 1 amide bonds. The summed E-state index contributed by atoms with van der Waals surface area (Å²) in [5.74, 6) is 0.146. The van der Waals surface area contributed by atoms with Crippen LogP contribution in [0.4, 0.5) is 5.69 Å². The molecule has 0 atom stereocenters. The number of anilines is 1. The molecular weight excluding hydrogens is 266 g/mol.